The summed E-state index contributed by atoms with van der Waals surface area (Å²) in [5.41, 5.74) is 1.88. The van der Waals surface area contributed by atoms with Crippen molar-refractivity contribution in [3.63, 3.8) is 0 Å². The third-order valence-corrected chi connectivity index (χ3v) is 3.11. The molecule has 0 fully saturated rings. The molecule has 0 radical (unpaired) electrons. The molecule has 3 N–H and O–H groups in total. The van der Waals surface area contributed by atoms with Crippen molar-refractivity contribution in [1.29, 1.82) is 0 Å². The topological polar surface area (TPSA) is 64.6 Å². The number of anilines is 1. The summed E-state index contributed by atoms with van der Waals surface area (Å²) in [5.74, 6) is 0. The number of nitrogens with one attached hydrogen (secondary N) is 2. The summed E-state index contributed by atoms with van der Waals surface area (Å²) < 4.78 is 0. The lowest BCUT2D eigenvalue weighted by molar-refractivity contribution is 0.192. The zero-order valence-electron chi connectivity index (χ0n) is 11.8. The minimum Gasteiger partial charge on any atom is -0.395 e. The van der Waals surface area contributed by atoms with Crippen molar-refractivity contribution in [2.24, 2.45) is 0 Å². The van der Waals surface area contributed by atoms with E-state index in [1.807, 2.05) is 38.2 Å². The Bertz CT molecular complexity index is 409. The molecule has 0 spiro atoms. The molecule has 0 aliphatic heterocycles. The van der Waals surface area contributed by atoms with E-state index in [2.05, 4.69) is 17.6 Å². The molecule has 0 saturated carbocycles. The first-order valence-electron chi connectivity index (χ1n) is 6.56. The minimum atomic E-state index is -0.189. The third kappa shape index (κ3) is 4.54. The summed E-state index contributed by atoms with van der Waals surface area (Å²) in [5, 5.41) is 14.9. The molecule has 1 aromatic rings. The van der Waals surface area contributed by atoms with Gasteiger partial charge in [0.2, 0.25) is 0 Å². The van der Waals surface area contributed by atoms with Crippen LogP contribution in [0.1, 0.15) is 25.5 Å². The van der Waals surface area contributed by atoms with Gasteiger partial charge in [-0.25, -0.2) is 4.79 Å². The zero-order chi connectivity index (χ0) is 14.3. The molecule has 0 aliphatic rings. The van der Waals surface area contributed by atoms with Gasteiger partial charge in [-0.3, -0.25) is 0 Å². The highest BCUT2D eigenvalue weighted by Crippen LogP contribution is 2.17. The number of benzene rings is 1. The normalized spacial score (nSPS) is 12.0. The highest BCUT2D eigenvalue weighted by Gasteiger charge is 2.11. The lowest BCUT2D eigenvalue weighted by atomic mass is 10.1. The lowest BCUT2D eigenvalue weighted by Gasteiger charge is -2.20. The number of amides is 2. The molecular weight excluding hydrogens is 242 g/mol. The Morgan fingerprint density at radius 2 is 2.21 bits per heavy atom. The Hall–Kier alpha value is -1.59. The Balaban J connectivity index is 2.73. The van der Waals surface area contributed by atoms with Gasteiger partial charge in [-0.1, -0.05) is 12.1 Å². The average molecular weight is 265 g/mol. The summed E-state index contributed by atoms with van der Waals surface area (Å²) >= 11 is 0. The number of aliphatic hydroxyl groups is 1. The summed E-state index contributed by atoms with van der Waals surface area (Å²) in [7, 11) is 1.90. The first-order valence-corrected chi connectivity index (χ1v) is 6.56. The standard InChI is InChI=1S/C14H23N3O2/c1-4-17(8-9-18)14(19)16-13-7-5-6-12(10-13)11(2)15-3/h5-7,10-11,15,18H,4,8-9H2,1-3H3,(H,16,19). The van der Waals surface area contributed by atoms with Gasteiger partial charge >= 0.3 is 6.03 Å². The van der Waals surface area contributed by atoms with E-state index in [0.29, 0.717) is 13.1 Å². The minimum absolute atomic E-state index is 0.0297. The maximum absolute atomic E-state index is 12.0. The molecule has 0 aromatic heterocycles. The monoisotopic (exact) mass is 265 g/mol. The molecule has 0 aliphatic carbocycles. The van der Waals surface area contributed by atoms with Crippen LogP contribution in [-0.2, 0) is 0 Å². The number of carbonyl (C=O) groups is 1. The van der Waals surface area contributed by atoms with Gasteiger partial charge in [-0.15, -0.1) is 0 Å². The third-order valence-electron chi connectivity index (χ3n) is 3.11. The van der Waals surface area contributed by atoms with Crippen molar-refractivity contribution in [2.45, 2.75) is 19.9 Å². The molecule has 0 bridgehead atoms. The van der Waals surface area contributed by atoms with Gasteiger partial charge in [-0.05, 0) is 38.6 Å². The van der Waals surface area contributed by atoms with E-state index >= 15 is 0 Å². The molecule has 1 aromatic carbocycles. The van der Waals surface area contributed by atoms with E-state index in [1.165, 1.54) is 0 Å². The summed E-state index contributed by atoms with van der Waals surface area (Å²) in [4.78, 5) is 13.5. The van der Waals surface area contributed by atoms with Gasteiger partial charge in [0, 0.05) is 24.8 Å². The quantitative estimate of drug-likeness (QED) is 0.735. The fourth-order valence-corrected chi connectivity index (χ4v) is 1.78. The first-order chi connectivity index (χ1) is 9.12. The molecule has 5 nitrogen and oxygen atoms in total. The van der Waals surface area contributed by atoms with Crippen LogP contribution in [0.5, 0.6) is 0 Å². The van der Waals surface area contributed by atoms with Crippen LogP contribution in [0.4, 0.5) is 10.5 Å². The van der Waals surface area contributed by atoms with Crippen LogP contribution in [0, 0.1) is 0 Å². The Labute approximate surface area is 114 Å². The van der Waals surface area contributed by atoms with Crippen LogP contribution < -0.4 is 10.6 Å². The molecule has 2 amide bonds. The Kier molecular flexibility index (Phi) is 6.32. The Morgan fingerprint density at radius 1 is 1.47 bits per heavy atom. The maximum atomic E-state index is 12.0. The van der Waals surface area contributed by atoms with Gasteiger partial charge in [0.05, 0.1) is 6.61 Å². The van der Waals surface area contributed by atoms with Crippen molar-refractivity contribution in [3.8, 4) is 0 Å². The van der Waals surface area contributed by atoms with E-state index in [9.17, 15) is 4.79 Å². The number of rotatable bonds is 6. The smallest absolute Gasteiger partial charge is 0.321 e. The van der Waals surface area contributed by atoms with Gasteiger partial charge < -0.3 is 20.6 Å². The second-order valence-electron chi connectivity index (χ2n) is 4.37. The van der Waals surface area contributed by atoms with Crippen molar-refractivity contribution >= 4 is 11.7 Å². The SMILES string of the molecule is CCN(CCO)C(=O)Nc1cccc(C(C)NC)c1. The predicted molar refractivity (Wildman–Crippen MR) is 77.3 cm³/mol. The number of aliphatic hydroxyl groups excluding tert-OH is 1. The van der Waals surface area contributed by atoms with Crippen LogP contribution in [0.2, 0.25) is 0 Å². The average Bonchev–Trinajstić information content (AvgIpc) is 2.43. The van der Waals surface area contributed by atoms with Crippen LogP contribution in [0.3, 0.4) is 0 Å². The molecule has 106 valence electrons. The highest BCUT2D eigenvalue weighted by molar-refractivity contribution is 5.89. The van der Waals surface area contributed by atoms with Crippen LogP contribution >= 0.6 is 0 Å². The predicted octanol–water partition coefficient (Wildman–Crippen LogP) is 1.81. The number of urea groups is 1. The van der Waals surface area contributed by atoms with E-state index in [-0.39, 0.29) is 18.7 Å². The molecule has 19 heavy (non-hydrogen) atoms. The second-order valence-corrected chi connectivity index (χ2v) is 4.37. The number of hydrogen-bond donors (Lipinski definition) is 3. The zero-order valence-corrected chi connectivity index (χ0v) is 11.8. The van der Waals surface area contributed by atoms with Crippen molar-refractivity contribution in [1.82, 2.24) is 10.2 Å². The van der Waals surface area contributed by atoms with Crippen molar-refractivity contribution < 1.29 is 9.90 Å². The van der Waals surface area contributed by atoms with E-state index in [0.717, 1.165) is 11.3 Å². The first kappa shape index (κ1) is 15.5. The van der Waals surface area contributed by atoms with Gasteiger partial charge in [0.15, 0.2) is 0 Å². The van der Waals surface area contributed by atoms with Crippen molar-refractivity contribution in [3.05, 3.63) is 29.8 Å². The summed E-state index contributed by atoms with van der Waals surface area (Å²) in [6.07, 6.45) is 0. The fourth-order valence-electron chi connectivity index (χ4n) is 1.78. The second kappa shape index (κ2) is 7.76. The van der Waals surface area contributed by atoms with Gasteiger partial charge in [0.1, 0.15) is 0 Å². The maximum Gasteiger partial charge on any atom is 0.321 e. The molecule has 1 unspecified atom stereocenters. The van der Waals surface area contributed by atoms with Crippen LogP contribution in [0.15, 0.2) is 24.3 Å². The lowest BCUT2D eigenvalue weighted by Crippen LogP contribution is -2.36. The van der Waals surface area contributed by atoms with Crippen LogP contribution in [0.25, 0.3) is 0 Å². The number of likely N-dealkylation sites (N-methyl/N-ethyl adjacent to an activating group) is 1. The molecule has 0 saturated heterocycles. The number of hydrogen-bond acceptors (Lipinski definition) is 3. The van der Waals surface area contributed by atoms with E-state index in [4.69, 9.17) is 5.11 Å². The summed E-state index contributed by atoms with van der Waals surface area (Å²) in [6.45, 7) is 4.83. The number of carbonyl (C=O) groups excluding carboxylic acids is 1. The molecule has 1 atom stereocenters. The molecule has 5 heteroatoms. The molecule has 0 heterocycles. The van der Waals surface area contributed by atoms with Gasteiger partial charge in [-0.2, -0.15) is 0 Å². The van der Waals surface area contributed by atoms with Gasteiger partial charge in [0.25, 0.3) is 0 Å². The highest BCUT2D eigenvalue weighted by atomic mass is 16.3. The Morgan fingerprint density at radius 3 is 2.79 bits per heavy atom. The molecule has 1 rings (SSSR count). The fraction of sp³-hybridized carbons (Fsp3) is 0.500. The van der Waals surface area contributed by atoms with E-state index < -0.39 is 0 Å². The van der Waals surface area contributed by atoms with Crippen molar-refractivity contribution in [2.75, 3.05) is 32.1 Å². The van der Waals surface area contributed by atoms with Crippen LogP contribution in [-0.4, -0.2) is 42.8 Å². The summed E-state index contributed by atoms with van der Waals surface area (Å²) in [6, 6.07) is 7.79. The number of nitrogens with zero attached hydrogens (tertiary/aromatic N) is 1. The van der Waals surface area contributed by atoms with E-state index in [1.54, 1.807) is 4.90 Å². The largest absolute Gasteiger partial charge is 0.395 e. The molecular formula is C14H23N3O2.